The third-order valence-corrected chi connectivity index (χ3v) is 3.51. The summed E-state index contributed by atoms with van der Waals surface area (Å²) in [5, 5.41) is 0.596. The van der Waals surface area contributed by atoms with Crippen LogP contribution in [-0.2, 0) is 0 Å². The lowest BCUT2D eigenvalue weighted by molar-refractivity contribution is 0.0734. The van der Waals surface area contributed by atoms with E-state index in [1.165, 1.54) is 0 Å². The van der Waals surface area contributed by atoms with Crippen molar-refractivity contribution in [2.45, 2.75) is 0 Å². The van der Waals surface area contributed by atoms with Crippen LogP contribution in [0.25, 0.3) is 0 Å². The topological polar surface area (TPSA) is 35.5 Å². The van der Waals surface area contributed by atoms with Gasteiger partial charge in [-0.15, -0.1) is 0 Å². The number of benzene rings is 2. The highest BCUT2D eigenvalue weighted by atomic mass is 127. The zero-order valence-electron chi connectivity index (χ0n) is 10.0. The molecule has 0 aromatic heterocycles. The molecule has 0 bridgehead atoms. The Labute approximate surface area is 129 Å². The third-order valence-electron chi connectivity index (χ3n) is 2.41. The standard InChI is InChI=1S/C14H10ClIO3/c1-18-13-7-2-9(8-12(13)16)14(17)19-11-5-3-10(15)4-6-11/h2-8H,1H3. The minimum atomic E-state index is -0.414. The van der Waals surface area contributed by atoms with Crippen molar-refractivity contribution < 1.29 is 14.3 Å². The minimum Gasteiger partial charge on any atom is -0.496 e. The molecule has 98 valence electrons. The van der Waals surface area contributed by atoms with Crippen LogP contribution in [0.1, 0.15) is 10.4 Å². The molecule has 2 aromatic carbocycles. The Morgan fingerprint density at radius 2 is 1.84 bits per heavy atom. The van der Waals surface area contributed by atoms with Crippen molar-refractivity contribution in [2.24, 2.45) is 0 Å². The molecule has 0 saturated carbocycles. The fraction of sp³-hybridized carbons (Fsp3) is 0.0714. The highest BCUT2D eigenvalue weighted by molar-refractivity contribution is 14.1. The van der Waals surface area contributed by atoms with Crippen LogP contribution in [0.3, 0.4) is 0 Å². The highest BCUT2D eigenvalue weighted by Gasteiger charge is 2.11. The first-order chi connectivity index (χ1) is 9.10. The van der Waals surface area contributed by atoms with Crippen molar-refractivity contribution >= 4 is 40.2 Å². The van der Waals surface area contributed by atoms with Crippen LogP contribution in [-0.4, -0.2) is 13.1 Å². The molecule has 0 atom stereocenters. The lowest BCUT2D eigenvalue weighted by Gasteiger charge is -2.07. The zero-order valence-corrected chi connectivity index (χ0v) is 12.9. The number of hydrogen-bond donors (Lipinski definition) is 0. The molecule has 3 nitrogen and oxygen atoms in total. The van der Waals surface area contributed by atoms with Gasteiger partial charge < -0.3 is 9.47 Å². The van der Waals surface area contributed by atoms with E-state index in [9.17, 15) is 4.79 Å². The summed E-state index contributed by atoms with van der Waals surface area (Å²) in [4.78, 5) is 12.0. The molecular formula is C14H10ClIO3. The molecule has 19 heavy (non-hydrogen) atoms. The van der Waals surface area contributed by atoms with Gasteiger partial charge in [0.15, 0.2) is 0 Å². The molecule has 0 heterocycles. The summed E-state index contributed by atoms with van der Waals surface area (Å²) in [6, 6.07) is 11.8. The Morgan fingerprint density at radius 1 is 1.16 bits per heavy atom. The van der Waals surface area contributed by atoms with Crippen LogP contribution < -0.4 is 9.47 Å². The normalized spacial score (nSPS) is 10.1. The molecule has 0 N–H and O–H groups in total. The Balaban J connectivity index is 2.16. The first kappa shape index (κ1) is 14.1. The number of hydrogen-bond acceptors (Lipinski definition) is 3. The van der Waals surface area contributed by atoms with Gasteiger partial charge in [0.25, 0.3) is 0 Å². The van der Waals surface area contributed by atoms with E-state index in [0.717, 1.165) is 9.32 Å². The first-order valence-corrected chi connectivity index (χ1v) is 6.87. The van der Waals surface area contributed by atoms with Crippen molar-refractivity contribution in [1.82, 2.24) is 0 Å². The summed E-state index contributed by atoms with van der Waals surface area (Å²) in [6.07, 6.45) is 0. The van der Waals surface area contributed by atoms with E-state index in [0.29, 0.717) is 16.3 Å². The Bertz CT molecular complexity index is 596. The fourth-order valence-corrected chi connectivity index (χ4v) is 2.32. The van der Waals surface area contributed by atoms with Crippen LogP contribution in [0.15, 0.2) is 42.5 Å². The van der Waals surface area contributed by atoms with Gasteiger partial charge in [-0.3, -0.25) is 0 Å². The second-order valence-corrected chi connectivity index (χ2v) is 5.29. The van der Waals surface area contributed by atoms with E-state index in [1.54, 1.807) is 49.6 Å². The van der Waals surface area contributed by atoms with Gasteiger partial charge in [0.2, 0.25) is 0 Å². The number of rotatable bonds is 3. The molecule has 0 aliphatic heterocycles. The average Bonchev–Trinajstić information content (AvgIpc) is 2.41. The molecule has 5 heteroatoms. The molecule has 0 unspecified atom stereocenters. The van der Waals surface area contributed by atoms with Gasteiger partial charge in [-0.2, -0.15) is 0 Å². The van der Waals surface area contributed by atoms with E-state index >= 15 is 0 Å². The molecule has 0 spiro atoms. The van der Waals surface area contributed by atoms with E-state index in [2.05, 4.69) is 22.6 Å². The van der Waals surface area contributed by atoms with Crippen molar-refractivity contribution in [2.75, 3.05) is 7.11 Å². The van der Waals surface area contributed by atoms with Gasteiger partial charge in [0, 0.05) is 5.02 Å². The molecule has 0 aliphatic rings. The van der Waals surface area contributed by atoms with Crippen molar-refractivity contribution in [3.8, 4) is 11.5 Å². The maximum absolute atomic E-state index is 12.0. The van der Waals surface area contributed by atoms with E-state index in [-0.39, 0.29) is 0 Å². The van der Waals surface area contributed by atoms with Crippen LogP contribution in [0.2, 0.25) is 5.02 Å². The molecule has 0 fully saturated rings. The maximum Gasteiger partial charge on any atom is 0.343 e. The van der Waals surface area contributed by atoms with E-state index in [4.69, 9.17) is 21.1 Å². The summed E-state index contributed by atoms with van der Waals surface area (Å²) < 4.78 is 11.2. The summed E-state index contributed by atoms with van der Waals surface area (Å²) in [5.74, 6) is 0.770. The molecule has 2 aromatic rings. The van der Waals surface area contributed by atoms with Crippen LogP contribution in [0, 0.1) is 3.57 Å². The number of esters is 1. The number of carbonyl (C=O) groups excluding carboxylic acids is 1. The monoisotopic (exact) mass is 388 g/mol. The predicted molar refractivity (Wildman–Crippen MR) is 82.1 cm³/mol. The fourth-order valence-electron chi connectivity index (χ4n) is 1.46. The van der Waals surface area contributed by atoms with Crippen LogP contribution in [0.5, 0.6) is 11.5 Å². The Hall–Kier alpha value is -1.27. The van der Waals surface area contributed by atoms with Gasteiger partial charge in [0.1, 0.15) is 11.5 Å². The number of ether oxygens (including phenoxy) is 2. The van der Waals surface area contributed by atoms with E-state index < -0.39 is 5.97 Å². The Morgan fingerprint density at radius 3 is 2.42 bits per heavy atom. The second-order valence-electron chi connectivity index (χ2n) is 3.69. The lowest BCUT2D eigenvalue weighted by Crippen LogP contribution is -2.08. The Kier molecular flexibility index (Phi) is 4.66. The highest BCUT2D eigenvalue weighted by Crippen LogP contribution is 2.23. The summed E-state index contributed by atoms with van der Waals surface area (Å²) >= 11 is 7.87. The van der Waals surface area contributed by atoms with Crippen molar-refractivity contribution in [3.63, 3.8) is 0 Å². The zero-order chi connectivity index (χ0) is 13.8. The van der Waals surface area contributed by atoms with Gasteiger partial charge in [0.05, 0.1) is 16.2 Å². The first-order valence-electron chi connectivity index (χ1n) is 5.41. The maximum atomic E-state index is 12.0. The third kappa shape index (κ3) is 3.61. The molecule has 0 amide bonds. The van der Waals surface area contributed by atoms with Gasteiger partial charge in [-0.05, 0) is 65.1 Å². The van der Waals surface area contributed by atoms with Crippen molar-refractivity contribution in [3.05, 3.63) is 56.6 Å². The average molecular weight is 389 g/mol. The summed E-state index contributed by atoms with van der Waals surface area (Å²) in [5.41, 5.74) is 0.472. The summed E-state index contributed by atoms with van der Waals surface area (Å²) in [7, 11) is 1.59. The smallest absolute Gasteiger partial charge is 0.343 e. The molecular weight excluding hydrogens is 379 g/mol. The quantitative estimate of drug-likeness (QED) is 0.450. The SMILES string of the molecule is COc1ccc(C(=O)Oc2ccc(Cl)cc2)cc1I. The van der Waals surface area contributed by atoms with Crippen LogP contribution in [0.4, 0.5) is 0 Å². The van der Waals surface area contributed by atoms with Gasteiger partial charge >= 0.3 is 5.97 Å². The van der Waals surface area contributed by atoms with Crippen LogP contribution >= 0.6 is 34.2 Å². The molecule has 0 saturated heterocycles. The minimum absolute atomic E-state index is 0.414. The number of carbonyl (C=O) groups is 1. The van der Waals surface area contributed by atoms with Gasteiger partial charge in [-0.25, -0.2) is 4.79 Å². The lowest BCUT2D eigenvalue weighted by atomic mass is 10.2. The number of methoxy groups -OCH3 is 1. The van der Waals surface area contributed by atoms with Crippen molar-refractivity contribution in [1.29, 1.82) is 0 Å². The molecule has 2 rings (SSSR count). The van der Waals surface area contributed by atoms with E-state index in [1.807, 2.05) is 0 Å². The van der Waals surface area contributed by atoms with Gasteiger partial charge in [-0.1, -0.05) is 11.6 Å². The predicted octanol–water partition coefficient (Wildman–Crippen LogP) is 4.17. The molecule has 0 aliphatic carbocycles. The molecule has 0 radical (unpaired) electrons. The number of halogens is 2. The second kappa shape index (κ2) is 6.25. The largest absolute Gasteiger partial charge is 0.496 e. The summed E-state index contributed by atoms with van der Waals surface area (Å²) in [6.45, 7) is 0.